The van der Waals surface area contributed by atoms with E-state index in [0.717, 1.165) is 11.7 Å². The van der Waals surface area contributed by atoms with Gasteiger partial charge in [-0.2, -0.15) is 0 Å². The highest BCUT2D eigenvalue weighted by atomic mass is 16.5. The maximum Gasteiger partial charge on any atom is 0.124 e. The van der Waals surface area contributed by atoms with Crippen LogP contribution >= 0.6 is 0 Å². The van der Waals surface area contributed by atoms with Gasteiger partial charge in [0.25, 0.3) is 0 Å². The van der Waals surface area contributed by atoms with Crippen molar-refractivity contribution < 1.29 is 4.74 Å². The predicted octanol–water partition coefficient (Wildman–Crippen LogP) is 3.60. The molecule has 2 N–H and O–H groups in total. The second kappa shape index (κ2) is 7.81. The highest BCUT2D eigenvalue weighted by Gasteiger charge is 2.28. The molecule has 0 heterocycles. The first-order chi connectivity index (χ1) is 10.2. The average molecular weight is 290 g/mol. The van der Waals surface area contributed by atoms with Gasteiger partial charge in [0.2, 0.25) is 0 Å². The van der Waals surface area contributed by atoms with Crippen LogP contribution in [0.4, 0.5) is 0 Å². The van der Waals surface area contributed by atoms with Crippen LogP contribution in [-0.4, -0.2) is 31.1 Å². The second-order valence-electron chi connectivity index (χ2n) is 6.31. The highest BCUT2D eigenvalue weighted by molar-refractivity contribution is 5.36. The smallest absolute Gasteiger partial charge is 0.124 e. The van der Waals surface area contributed by atoms with Gasteiger partial charge >= 0.3 is 0 Å². The van der Waals surface area contributed by atoms with Crippen molar-refractivity contribution in [3.05, 3.63) is 29.8 Å². The lowest BCUT2D eigenvalue weighted by Crippen LogP contribution is -2.41. The molecule has 1 saturated carbocycles. The SMILES string of the molecule is CCOc1ccccc1C(CN)N(C)C1CCCC(C)C1. The third kappa shape index (κ3) is 3.98. The fourth-order valence-electron chi connectivity index (χ4n) is 3.58. The van der Waals surface area contributed by atoms with Gasteiger partial charge in [0.1, 0.15) is 5.75 Å². The number of nitrogens with two attached hydrogens (primary N) is 1. The van der Waals surface area contributed by atoms with E-state index >= 15 is 0 Å². The summed E-state index contributed by atoms with van der Waals surface area (Å²) in [6.45, 7) is 5.72. The molecule has 2 rings (SSSR count). The van der Waals surface area contributed by atoms with E-state index < -0.39 is 0 Å². The Labute approximate surface area is 129 Å². The normalized spacial score (nSPS) is 24.0. The Morgan fingerprint density at radius 1 is 1.33 bits per heavy atom. The van der Waals surface area contributed by atoms with Crippen LogP contribution in [0.3, 0.4) is 0 Å². The Balaban J connectivity index is 2.18. The Morgan fingerprint density at radius 3 is 2.76 bits per heavy atom. The number of rotatable bonds is 6. The van der Waals surface area contributed by atoms with E-state index in [1.165, 1.54) is 31.2 Å². The van der Waals surface area contributed by atoms with E-state index in [1.807, 2.05) is 13.0 Å². The topological polar surface area (TPSA) is 38.5 Å². The van der Waals surface area contributed by atoms with Crippen LogP contribution in [-0.2, 0) is 0 Å². The number of para-hydroxylation sites is 1. The van der Waals surface area contributed by atoms with Crippen molar-refractivity contribution in [2.24, 2.45) is 11.7 Å². The molecule has 1 aromatic rings. The van der Waals surface area contributed by atoms with E-state index in [-0.39, 0.29) is 6.04 Å². The summed E-state index contributed by atoms with van der Waals surface area (Å²) in [6, 6.07) is 9.20. The maximum absolute atomic E-state index is 6.11. The highest BCUT2D eigenvalue weighted by Crippen LogP contribution is 2.34. The predicted molar refractivity (Wildman–Crippen MR) is 88.6 cm³/mol. The first kappa shape index (κ1) is 16.3. The van der Waals surface area contributed by atoms with Gasteiger partial charge in [0, 0.05) is 18.2 Å². The first-order valence-corrected chi connectivity index (χ1v) is 8.31. The van der Waals surface area contributed by atoms with Crippen LogP contribution in [0.2, 0.25) is 0 Å². The van der Waals surface area contributed by atoms with Crippen LogP contribution in [0.5, 0.6) is 5.75 Å². The molecule has 3 unspecified atom stereocenters. The number of likely N-dealkylation sites (N-methyl/N-ethyl adjacent to an activating group) is 1. The minimum atomic E-state index is 0.239. The Hall–Kier alpha value is -1.06. The standard InChI is InChI=1S/C18H30N2O/c1-4-21-18-11-6-5-10-16(18)17(13-19)20(3)15-9-7-8-14(2)12-15/h5-6,10-11,14-15,17H,4,7-9,12-13,19H2,1-3H3. The number of benzene rings is 1. The molecule has 0 bridgehead atoms. The summed E-state index contributed by atoms with van der Waals surface area (Å²) in [5, 5.41) is 0. The summed E-state index contributed by atoms with van der Waals surface area (Å²) in [5.74, 6) is 1.80. The molecule has 0 aromatic heterocycles. The Bertz CT molecular complexity index is 435. The van der Waals surface area contributed by atoms with Crippen LogP contribution in [0, 0.1) is 5.92 Å². The summed E-state index contributed by atoms with van der Waals surface area (Å²) < 4.78 is 5.80. The first-order valence-electron chi connectivity index (χ1n) is 8.31. The zero-order valence-electron chi connectivity index (χ0n) is 13.7. The molecular weight excluding hydrogens is 260 g/mol. The summed E-state index contributed by atoms with van der Waals surface area (Å²) in [6.07, 6.45) is 5.27. The molecule has 0 aliphatic heterocycles. The third-order valence-corrected chi connectivity index (χ3v) is 4.78. The van der Waals surface area contributed by atoms with Crippen molar-refractivity contribution in [3.63, 3.8) is 0 Å². The van der Waals surface area contributed by atoms with Crippen molar-refractivity contribution in [1.29, 1.82) is 0 Å². The Kier molecular flexibility index (Phi) is 6.07. The summed E-state index contributed by atoms with van der Waals surface area (Å²) >= 11 is 0. The van der Waals surface area contributed by atoms with E-state index in [4.69, 9.17) is 10.5 Å². The molecule has 0 spiro atoms. The molecule has 118 valence electrons. The maximum atomic E-state index is 6.11. The molecule has 3 atom stereocenters. The summed E-state index contributed by atoms with van der Waals surface area (Å²) in [7, 11) is 2.23. The van der Waals surface area contributed by atoms with Gasteiger partial charge in [-0.3, -0.25) is 4.90 Å². The fourth-order valence-corrected chi connectivity index (χ4v) is 3.58. The van der Waals surface area contributed by atoms with Gasteiger partial charge in [0.15, 0.2) is 0 Å². The monoisotopic (exact) mass is 290 g/mol. The quantitative estimate of drug-likeness (QED) is 0.870. The van der Waals surface area contributed by atoms with Crippen LogP contribution in [0.15, 0.2) is 24.3 Å². The van der Waals surface area contributed by atoms with E-state index in [0.29, 0.717) is 19.2 Å². The summed E-state index contributed by atoms with van der Waals surface area (Å²) in [4.78, 5) is 2.48. The molecule has 0 radical (unpaired) electrons. The van der Waals surface area contributed by atoms with Gasteiger partial charge in [-0.15, -0.1) is 0 Å². The number of ether oxygens (including phenoxy) is 1. The van der Waals surface area contributed by atoms with Gasteiger partial charge in [-0.1, -0.05) is 38.0 Å². The molecule has 1 aliphatic carbocycles. The lowest BCUT2D eigenvalue weighted by molar-refractivity contribution is 0.119. The van der Waals surface area contributed by atoms with Crippen molar-refractivity contribution in [1.82, 2.24) is 4.90 Å². The minimum absolute atomic E-state index is 0.239. The number of hydrogen-bond donors (Lipinski definition) is 1. The van der Waals surface area contributed by atoms with Crippen LogP contribution in [0.25, 0.3) is 0 Å². The van der Waals surface area contributed by atoms with Crippen LogP contribution < -0.4 is 10.5 Å². The van der Waals surface area contributed by atoms with E-state index in [9.17, 15) is 0 Å². The van der Waals surface area contributed by atoms with Crippen molar-refractivity contribution >= 4 is 0 Å². The summed E-state index contributed by atoms with van der Waals surface area (Å²) in [5.41, 5.74) is 7.34. The molecule has 3 heteroatoms. The zero-order valence-corrected chi connectivity index (χ0v) is 13.7. The molecule has 0 saturated heterocycles. The van der Waals surface area contributed by atoms with Gasteiger partial charge in [-0.25, -0.2) is 0 Å². The lowest BCUT2D eigenvalue weighted by Gasteiger charge is -2.39. The zero-order chi connectivity index (χ0) is 15.2. The van der Waals surface area contributed by atoms with Gasteiger partial charge < -0.3 is 10.5 Å². The molecule has 1 aromatic carbocycles. The van der Waals surface area contributed by atoms with E-state index in [2.05, 4.69) is 37.1 Å². The van der Waals surface area contributed by atoms with Crippen molar-refractivity contribution in [2.45, 2.75) is 51.6 Å². The molecule has 21 heavy (non-hydrogen) atoms. The molecular formula is C18H30N2O. The Morgan fingerprint density at radius 2 is 2.10 bits per heavy atom. The van der Waals surface area contributed by atoms with E-state index in [1.54, 1.807) is 0 Å². The molecule has 0 amide bonds. The van der Waals surface area contributed by atoms with Crippen molar-refractivity contribution in [2.75, 3.05) is 20.2 Å². The molecule has 1 fully saturated rings. The number of nitrogens with zero attached hydrogens (tertiary/aromatic N) is 1. The van der Waals surface area contributed by atoms with Crippen LogP contribution in [0.1, 0.15) is 51.1 Å². The second-order valence-corrected chi connectivity index (χ2v) is 6.31. The minimum Gasteiger partial charge on any atom is -0.494 e. The molecule has 3 nitrogen and oxygen atoms in total. The van der Waals surface area contributed by atoms with Gasteiger partial charge in [0.05, 0.1) is 12.6 Å². The fraction of sp³-hybridized carbons (Fsp3) is 0.667. The average Bonchev–Trinajstić information content (AvgIpc) is 2.50. The lowest BCUT2D eigenvalue weighted by atomic mass is 9.85. The van der Waals surface area contributed by atoms with Gasteiger partial charge in [-0.05, 0) is 38.8 Å². The largest absolute Gasteiger partial charge is 0.494 e. The third-order valence-electron chi connectivity index (χ3n) is 4.78. The van der Waals surface area contributed by atoms with Crippen molar-refractivity contribution in [3.8, 4) is 5.75 Å². The number of hydrogen-bond acceptors (Lipinski definition) is 3. The molecule has 1 aliphatic rings.